The predicted octanol–water partition coefficient (Wildman–Crippen LogP) is 1.98. The Morgan fingerprint density at radius 2 is 2.19 bits per heavy atom. The first-order chi connectivity index (χ1) is 7.50. The Morgan fingerprint density at radius 3 is 2.69 bits per heavy atom. The number of furan rings is 1. The highest BCUT2D eigenvalue weighted by atomic mass is 79.9. The normalized spacial score (nSPS) is 10.1. The number of rotatable bonds is 5. The van der Waals surface area contributed by atoms with Crippen LogP contribution in [0.15, 0.2) is 21.2 Å². The summed E-state index contributed by atoms with van der Waals surface area (Å²) in [5, 5.41) is 8.46. The number of carboxylic acids is 1. The van der Waals surface area contributed by atoms with Crippen LogP contribution in [-0.4, -0.2) is 35.5 Å². The van der Waals surface area contributed by atoms with Crippen LogP contribution in [0.1, 0.15) is 23.4 Å². The lowest BCUT2D eigenvalue weighted by atomic mass is 10.3. The predicted molar refractivity (Wildman–Crippen MR) is 60.2 cm³/mol. The molecule has 16 heavy (non-hydrogen) atoms. The van der Waals surface area contributed by atoms with E-state index in [2.05, 4.69) is 15.9 Å². The SMILES string of the molecule is CN(CCCC(=O)O)C(=O)c1ccc(Br)o1. The molecule has 0 unspecified atom stereocenters. The largest absolute Gasteiger partial charge is 0.481 e. The van der Waals surface area contributed by atoms with Crippen molar-refractivity contribution in [3.05, 3.63) is 22.6 Å². The highest BCUT2D eigenvalue weighted by Crippen LogP contribution is 2.15. The Hall–Kier alpha value is -1.30. The molecule has 1 aromatic heterocycles. The second kappa shape index (κ2) is 5.69. The van der Waals surface area contributed by atoms with Crippen LogP contribution in [0.3, 0.4) is 0 Å². The van der Waals surface area contributed by atoms with Crippen LogP contribution in [0.5, 0.6) is 0 Å². The van der Waals surface area contributed by atoms with Crippen molar-refractivity contribution in [3.8, 4) is 0 Å². The van der Waals surface area contributed by atoms with Crippen LogP contribution in [0, 0.1) is 0 Å². The summed E-state index contributed by atoms with van der Waals surface area (Å²) < 4.78 is 5.60. The minimum Gasteiger partial charge on any atom is -0.481 e. The summed E-state index contributed by atoms with van der Waals surface area (Å²) in [5.74, 6) is -0.873. The second-order valence-electron chi connectivity index (χ2n) is 3.33. The first kappa shape index (κ1) is 12.8. The minimum absolute atomic E-state index is 0.0550. The number of nitrogens with zero attached hydrogens (tertiary/aromatic N) is 1. The molecule has 0 aromatic carbocycles. The molecule has 1 aromatic rings. The molecule has 0 aliphatic rings. The number of carbonyl (C=O) groups is 2. The molecule has 0 bridgehead atoms. The molecule has 1 rings (SSSR count). The van der Waals surface area contributed by atoms with Crippen molar-refractivity contribution in [1.29, 1.82) is 0 Å². The summed E-state index contributed by atoms with van der Waals surface area (Å²) in [5.41, 5.74) is 0. The van der Waals surface area contributed by atoms with Gasteiger partial charge < -0.3 is 14.4 Å². The Morgan fingerprint density at radius 1 is 1.50 bits per heavy atom. The average Bonchev–Trinajstić information content (AvgIpc) is 2.63. The zero-order valence-electron chi connectivity index (χ0n) is 8.77. The Balaban J connectivity index is 2.45. The Bertz CT molecular complexity index is 388. The number of amides is 1. The zero-order valence-corrected chi connectivity index (χ0v) is 10.4. The fraction of sp³-hybridized carbons (Fsp3) is 0.400. The van der Waals surface area contributed by atoms with Gasteiger partial charge in [0.05, 0.1) is 0 Å². The lowest BCUT2D eigenvalue weighted by molar-refractivity contribution is -0.137. The van der Waals surface area contributed by atoms with Gasteiger partial charge in [-0.3, -0.25) is 9.59 Å². The Labute approximate surface area is 101 Å². The van der Waals surface area contributed by atoms with E-state index in [-0.39, 0.29) is 18.1 Å². The molecule has 6 heteroatoms. The van der Waals surface area contributed by atoms with Gasteiger partial charge in [0.1, 0.15) is 0 Å². The maximum atomic E-state index is 11.7. The van der Waals surface area contributed by atoms with Crippen molar-refractivity contribution in [2.75, 3.05) is 13.6 Å². The molecule has 5 nitrogen and oxygen atoms in total. The first-order valence-electron chi connectivity index (χ1n) is 4.73. The molecular formula is C10H12BrNO4. The van der Waals surface area contributed by atoms with Crippen molar-refractivity contribution < 1.29 is 19.1 Å². The van der Waals surface area contributed by atoms with Crippen molar-refractivity contribution in [2.45, 2.75) is 12.8 Å². The standard InChI is InChI=1S/C10H12BrNO4/c1-12(6-2-3-9(13)14)10(15)7-4-5-8(11)16-7/h4-5H,2-3,6H2,1H3,(H,13,14). The molecular weight excluding hydrogens is 278 g/mol. The number of hydrogen-bond acceptors (Lipinski definition) is 3. The van der Waals surface area contributed by atoms with Gasteiger partial charge in [-0.25, -0.2) is 0 Å². The molecule has 1 heterocycles. The second-order valence-corrected chi connectivity index (χ2v) is 4.11. The number of hydrogen-bond donors (Lipinski definition) is 1. The van der Waals surface area contributed by atoms with Gasteiger partial charge in [0.15, 0.2) is 10.4 Å². The first-order valence-corrected chi connectivity index (χ1v) is 5.52. The topological polar surface area (TPSA) is 70.8 Å². The van der Waals surface area contributed by atoms with Crippen molar-refractivity contribution in [3.63, 3.8) is 0 Å². The fourth-order valence-electron chi connectivity index (χ4n) is 1.19. The van der Waals surface area contributed by atoms with E-state index in [4.69, 9.17) is 9.52 Å². The quantitative estimate of drug-likeness (QED) is 0.900. The summed E-state index contributed by atoms with van der Waals surface area (Å²) >= 11 is 3.11. The Kier molecular flexibility index (Phi) is 4.54. The molecule has 1 amide bonds. The van der Waals surface area contributed by atoms with Crippen LogP contribution >= 0.6 is 15.9 Å². The number of carboxylic acid groups (broad SMARTS) is 1. The molecule has 1 N–H and O–H groups in total. The van der Waals surface area contributed by atoms with E-state index in [0.717, 1.165) is 0 Å². The van der Waals surface area contributed by atoms with Gasteiger partial charge in [-0.15, -0.1) is 0 Å². The van der Waals surface area contributed by atoms with Crippen LogP contribution in [0.25, 0.3) is 0 Å². The van der Waals surface area contributed by atoms with E-state index in [1.54, 1.807) is 19.2 Å². The number of aliphatic carboxylic acids is 1. The number of halogens is 1. The van der Waals surface area contributed by atoms with Gasteiger partial charge in [-0.2, -0.15) is 0 Å². The van der Waals surface area contributed by atoms with Crippen LogP contribution < -0.4 is 0 Å². The van der Waals surface area contributed by atoms with E-state index in [0.29, 0.717) is 17.6 Å². The smallest absolute Gasteiger partial charge is 0.303 e. The van der Waals surface area contributed by atoms with Crippen molar-refractivity contribution in [1.82, 2.24) is 4.90 Å². The summed E-state index contributed by atoms with van der Waals surface area (Å²) in [4.78, 5) is 23.4. The van der Waals surface area contributed by atoms with Gasteiger partial charge in [0.2, 0.25) is 0 Å². The molecule has 0 fully saturated rings. The van der Waals surface area contributed by atoms with Crippen LogP contribution in [0.2, 0.25) is 0 Å². The van der Waals surface area contributed by atoms with E-state index < -0.39 is 5.97 Å². The third-order valence-electron chi connectivity index (χ3n) is 2.01. The fourth-order valence-corrected chi connectivity index (χ4v) is 1.49. The third-order valence-corrected chi connectivity index (χ3v) is 2.44. The van der Waals surface area contributed by atoms with Crippen molar-refractivity contribution in [2.24, 2.45) is 0 Å². The molecule has 0 aliphatic heterocycles. The molecule has 0 atom stereocenters. The maximum Gasteiger partial charge on any atom is 0.303 e. The highest BCUT2D eigenvalue weighted by molar-refractivity contribution is 9.10. The summed E-state index contributed by atoms with van der Waals surface area (Å²) in [7, 11) is 1.61. The summed E-state index contributed by atoms with van der Waals surface area (Å²) in [6, 6.07) is 3.21. The lowest BCUT2D eigenvalue weighted by Crippen LogP contribution is -2.27. The van der Waals surface area contributed by atoms with E-state index in [9.17, 15) is 9.59 Å². The van der Waals surface area contributed by atoms with Gasteiger partial charge in [0, 0.05) is 20.0 Å². The highest BCUT2D eigenvalue weighted by Gasteiger charge is 2.15. The average molecular weight is 290 g/mol. The molecule has 0 saturated carbocycles. The molecule has 0 spiro atoms. The number of carbonyl (C=O) groups excluding carboxylic acids is 1. The third kappa shape index (κ3) is 3.69. The summed E-state index contributed by atoms with van der Waals surface area (Å²) in [6.07, 6.45) is 0.485. The van der Waals surface area contributed by atoms with E-state index in [1.165, 1.54) is 4.90 Å². The van der Waals surface area contributed by atoms with Crippen LogP contribution in [0.4, 0.5) is 0 Å². The molecule has 88 valence electrons. The van der Waals surface area contributed by atoms with Crippen molar-refractivity contribution >= 4 is 27.8 Å². The molecule has 0 aliphatic carbocycles. The molecule has 0 radical (unpaired) electrons. The van der Waals surface area contributed by atoms with Gasteiger partial charge in [-0.05, 0) is 34.5 Å². The monoisotopic (exact) mass is 289 g/mol. The zero-order chi connectivity index (χ0) is 12.1. The minimum atomic E-state index is -0.860. The van der Waals surface area contributed by atoms with E-state index in [1.807, 2.05) is 0 Å². The molecule has 0 saturated heterocycles. The van der Waals surface area contributed by atoms with Crippen LogP contribution in [-0.2, 0) is 4.79 Å². The lowest BCUT2D eigenvalue weighted by Gasteiger charge is -2.14. The van der Waals surface area contributed by atoms with E-state index >= 15 is 0 Å². The maximum absolute atomic E-state index is 11.7. The summed E-state index contributed by atoms with van der Waals surface area (Å²) in [6.45, 7) is 0.392. The van der Waals surface area contributed by atoms with Gasteiger partial charge in [0.25, 0.3) is 5.91 Å². The van der Waals surface area contributed by atoms with Gasteiger partial charge in [-0.1, -0.05) is 0 Å². The van der Waals surface area contributed by atoms with Gasteiger partial charge >= 0.3 is 5.97 Å².